The average molecular weight is 440 g/mol. The van der Waals surface area contributed by atoms with Crippen molar-refractivity contribution in [1.29, 1.82) is 0 Å². The van der Waals surface area contributed by atoms with Gasteiger partial charge in [-0.2, -0.15) is 4.98 Å². The van der Waals surface area contributed by atoms with Gasteiger partial charge in [0.2, 0.25) is 17.6 Å². The van der Waals surface area contributed by atoms with Crippen LogP contribution in [0.1, 0.15) is 29.2 Å². The molecule has 0 atom stereocenters. The van der Waals surface area contributed by atoms with Crippen LogP contribution in [0.4, 0.5) is 13.9 Å². The number of nitrogens with zero attached hydrogens (tertiary/aromatic N) is 3. The summed E-state index contributed by atoms with van der Waals surface area (Å²) in [5.74, 6) is 0.0260. The van der Waals surface area contributed by atoms with Crippen molar-refractivity contribution in [2.75, 3.05) is 5.32 Å². The Morgan fingerprint density at radius 3 is 2.74 bits per heavy atom. The molecule has 0 saturated carbocycles. The quantitative estimate of drug-likeness (QED) is 0.416. The molecule has 6 nitrogen and oxygen atoms in total. The maximum Gasteiger partial charge on any atom is 0.226 e. The highest BCUT2D eigenvalue weighted by Crippen LogP contribution is 2.22. The minimum Gasteiger partial charge on any atom is -0.339 e. The largest absolute Gasteiger partial charge is 0.339 e. The number of rotatable bonds is 8. The molecule has 2 heterocycles. The summed E-state index contributed by atoms with van der Waals surface area (Å²) in [5, 5.41) is 7.16. The SMILES string of the molecule is O=C(CCCc1nc(-c2ccc(F)cc2)no1)Nc1ncc(Cc2cccc(F)c2)s1. The Kier molecular flexibility index (Phi) is 6.42. The van der Waals surface area contributed by atoms with Gasteiger partial charge in [-0.25, -0.2) is 13.8 Å². The van der Waals surface area contributed by atoms with Crippen LogP contribution in [0.2, 0.25) is 0 Å². The second kappa shape index (κ2) is 9.57. The summed E-state index contributed by atoms with van der Waals surface area (Å²) >= 11 is 1.36. The molecule has 2 aromatic heterocycles. The van der Waals surface area contributed by atoms with Crippen molar-refractivity contribution >= 4 is 22.4 Å². The van der Waals surface area contributed by atoms with Gasteiger partial charge >= 0.3 is 0 Å². The van der Waals surface area contributed by atoms with E-state index in [4.69, 9.17) is 4.52 Å². The van der Waals surface area contributed by atoms with Crippen LogP contribution in [0, 0.1) is 11.6 Å². The third-order valence-electron chi connectivity index (χ3n) is 4.43. The zero-order valence-corrected chi connectivity index (χ0v) is 17.2. The van der Waals surface area contributed by atoms with Crippen LogP contribution < -0.4 is 5.32 Å². The first kappa shape index (κ1) is 20.8. The number of hydrogen-bond donors (Lipinski definition) is 1. The maximum absolute atomic E-state index is 13.3. The number of halogens is 2. The Hall–Kier alpha value is -3.46. The van der Waals surface area contributed by atoms with Crippen molar-refractivity contribution in [1.82, 2.24) is 15.1 Å². The molecular formula is C22H18F2N4O2S. The van der Waals surface area contributed by atoms with Gasteiger partial charge in [-0.3, -0.25) is 4.79 Å². The van der Waals surface area contributed by atoms with Gasteiger partial charge < -0.3 is 9.84 Å². The van der Waals surface area contributed by atoms with E-state index < -0.39 is 0 Å². The highest BCUT2D eigenvalue weighted by atomic mass is 32.1. The van der Waals surface area contributed by atoms with Crippen molar-refractivity contribution in [2.45, 2.75) is 25.7 Å². The zero-order valence-electron chi connectivity index (χ0n) is 16.3. The smallest absolute Gasteiger partial charge is 0.226 e. The minimum absolute atomic E-state index is 0.162. The highest BCUT2D eigenvalue weighted by Gasteiger charge is 2.11. The first-order chi connectivity index (χ1) is 15.0. The molecule has 0 unspecified atom stereocenters. The summed E-state index contributed by atoms with van der Waals surface area (Å²) < 4.78 is 31.5. The van der Waals surface area contributed by atoms with Crippen molar-refractivity contribution in [2.24, 2.45) is 0 Å². The van der Waals surface area contributed by atoms with Crippen LogP contribution in [0.25, 0.3) is 11.4 Å². The summed E-state index contributed by atoms with van der Waals surface area (Å²) in [7, 11) is 0. The average Bonchev–Trinajstić information content (AvgIpc) is 3.38. The Morgan fingerprint density at radius 1 is 1.10 bits per heavy atom. The van der Waals surface area contributed by atoms with E-state index in [1.165, 1.54) is 35.6 Å². The minimum atomic E-state index is -0.334. The van der Waals surface area contributed by atoms with Crippen LogP contribution in [0.3, 0.4) is 0 Å². The van der Waals surface area contributed by atoms with Gasteiger partial charge in [0.1, 0.15) is 11.6 Å². The topological polar surface area (TPSA) is 80.9 Å². The number of aromatic nitrogens is 3. The van der Waals surface area contributed by atoms with Crippen LogP contribution in [-0.2, 0) is 17.6 Å². The van der Waals surface area contributed by atoms with E-state index in [1.807, 2.05) is 6.07 Å². The lowest BCUT2D eigenvalue weighted by Crippen LogP contribution is -2.11. The van der Waals surface area contributed by atoms with Gasteiger partial charge in [-0.05, 0) is 48.4 Å². The first-order valence-electron chi connectivity index (χ1n) is 9.63. The van der Waals surface area contributed by atoms with Crippen LogP contribution in [-0.4, -0.2) is 21.0 Å². The third-order valence-corrected chi connectivity index (χ3v) is 5.35. The van der Waals surface area contributed by atoms with Crippen LogP contribution >= 0.6 is 11.3 Å². The van der Waals surface area contributed by atoms with Gasteiger partial charge in [0.05, 0.1) is 0 Å². The van der Waals surface area contributed by atoms with Gasteiger partial charge in [0, 0.05) is 35.9 Å². The molecule has 0 aliphatic rings. The third kappa shape index (κ3) is 5.79. The van der Waals surface area contributed by atoms with E-state index >= 15 is 0 Å². The molecule has 9 heteroatoms. The van der Waals surface area contributed by atoms with E-state index in [1.54, 1.807) is 24.4 Å². The lowest BCUT2D eigenvalue weighted by atomic mass is 10.1. The predicted octanol–water partition coefficient (Wildman–Crippen LogP) is 5.02. The zero-order chi connectivity index (χ0) is 21.6. The molecule has 0 spiro atoms. The molecule has 0 fully saturated rings. The van der Waals surface area contributed by atoms with Gasteiger partial charge in [0.15, 0.2) is 5.13 Å². The number of anilines is 1. The van der Waals surface area contributed by atoms with Crippen LogP contribution in [0.15, 0.2) is 59.3 Å². The molecule has 4 rings (SSSR count). The van der Waals surface area contributed by atoms with Crippen molar-refractivity contribution in [3.63, 3.8) is 0 Å². The fraction of sp³-hybridized carbons (Fsp3) is 0.182. The summed E-state index contributed by atoms with van der Waals surface area (Å²) in [6, 6.07) is 12.2. The van der Waals surface area contributed by atoms with Gasteiger partial charge in [-0.15, -0.1) is 11.3 Å². The number of thiazole rings is 1. The molecule has 0 bridgehead atoms. The maximum atomic E-state index is 13.3. The summed E-state index contributed by atoms with van der Waals surface area (Å²) in [6.45, 7) is 0. The lowest BCUT2D eigenvalue weighted by molar-refractivity contribution is -0.116. The van der Waals surface area contributed by atoms with Crippen molar-refractivity contribution in [3.8, 4) is 11.4 Å². The van der Waals surface area contributed by atoms with Gasteiger partial charge in [0.25, 0.3) is 0 Å². The van der Waals surface area contributed by atoms with Crippen molar-refractivity contribution < 1.29 is 18.1 Å². The second-order valence-electron chi connectivity index (χ2n) is 6.86. The van der Waals surface area contributed by atoms with Gasteiger partial charge in [-0.1, -0.05) is 17.3 Å². The van der Waals surface area contributed by atoms with Crippen molar-refractivity contribution in [3.05, 3.63) is 82.7 Å². The van der Waals surface area contributed by atoms with E-state index in [0.717, 1.165) is 10.4 Å². The van der Waals surface area contributed by atoms with E-state index in [0.29, 0.717) is 41.7 Å². The number of carbonyl (C=O) groups is 1. The standard InChI is InChI=1S/C22H18F2N4O2S/c23-16-9-7-15(8-10-16)21-27-20(30-28-21)6-2-5-19(29)26-22-25-13-18(31-22)12-14-3-1-4-17(24)11-14/h1,3-4,7-11,13H,2,5-6,12H2,(H,25,26,29). The summed E-state index contributed by atoms with van der Waals surface area (Å²) in [5.41, 5.74) is 1.51. The Morgan fingerprint density at radius 2 is 1.94 bits per heavy atom. The molecule has 1 N–H and O–H groups in total. The number of carbonyl (C=O) groups excluding carboxylic acids is 1. The molecule has 0 aliphatic carbocycles. The molecular weight excluding hydrogens is 422 g/mol. The molecule has 0 radical (unpaired) electrons. The highest BCUT2D eigenvalue weighted by molar-refractivity contribution is 7.15. The first-order valence-corrected chi connectivity index (χ1v) is 10.4. The number of benzene rings is 2. The fourth-order valence-electron chi connectivity index (χ4n) is 2.95. The van der Waals surface area contributed by atoms with E-state index in [9.17, 15) is 13.6 Å². The van der Waals surface area contributed by atoms with E-state index in [-0.39, 0.29) is 24.0 Å². The summed E-state index contributed by atoms with van der Waals surface area (Å²) in [4.78, 5) is 21.6. The molecule has 2 aromatic carbocycles. The number of aryl methyl sites for hydroxylation is 1. The molecule has 0 saturated heterocycles. The predicted molar refractivity (Wildman–Crippen MR) is 113 cm³/mol. The molecule has 0 aliphatic heterocycles. The van der Waals surface area contributed by atoms with Crippen LogP contribution in [0.5, 0.6) is 0 Å². The molecule has 1 amide bonds. The Balaban J connectivity index is 1.24. The molecule has 4 aromatic rings. The monoisotopic (exact) mass is 440 g/mol. The van der Waals surface area contributed by atoms with E-state index in [2.05, 4.69) is 20.4 Å². The second-order valence-corrected chi connectivity index (χ2v) is 7.97. The molecule has 158 valence electrons. The Bertz CT molecular complexity index is 1170. The summed E-state index contributed by atoms with van der Waals surface area (Å²) in [6.07, 6.45) is 3.48. The molecule has 31 heavy (non-hydrogen) atoms. The number of nitrogens with one attached hydrogen (secondary N) is 1. The Labute approximate surface area is 181 Å². The lowest BCUT2D eigenvalue weighted by Gasteiger charge is -2.00. The number of amides is 1. The fourth-order valence-corrected chi connectivity index (χ4v) is 3.81. The normalized spacial score (nSPS) is 10.9. The number of hydrogen-bond acceptors (Lipinski definition) is 6.